The Hall–Kier alpha value is -2.86. The maximum absolute atomic E-state index is 12.6. The number of aliphatic carboxylic acids is 1. The van der Waals surface area contributed by atoms with Gasteiger partial charge >= 0.3 is 12.1 Å². The minimum absolute atomic E-state index is 0.0271. The minimum Gasteiger partial charge on any atom is -0.480 e. The van der Waals surface area contributed by atoms with Crippen molar-refractivity contribution in [2.45, 2.75) is 25.0 Å². The van der Waals surface area contributed by atoms with Gasteiger partial charge in [0.25, 0.3) is 0 Å². The topological polar surface area (TPSA) is 76.1 Å². The number of carboxylic acid groups (broad SMARTS) is 1. The van der Waals surface area contributed by atoms with Crippen molar-refractivity contribution >= 4 is 12.1 Å². The fraction of sp³-hybridized carbons (Fsp3) is 0.333. The van der Waals surface area contributed by atoms with Gasteiger partial charge in [-0.3, -0.25) is 4.90 Å². The van der Waals surface area contributed by atoms with Crippen molar-refractivity contribution in [1.29, 1.82) is 0 Å². The van der Waals surface area contributed by atoms with Gasteiger partial charge in [-0.1, -0.05) is 48.5 Å². The van der Waals surface area contributed by atoms with Crippen LogP contribution in [0.3, 0.4) is 0 Å². The van der Waals surface area contributed by atoms with Gasteiger partial charge in [-0.15, -0.1) is 0 Å². The van der Waals surface area contributed by atoms with E-state index in [4.69, 9.17) is 9.47 Å². The maximum Gasteiger partial charge on any atom is 0.410 e. The number of rotatable bonds is 3. The number of morpholine rings is 1. The van der Waals surface area contributed by atoms with E-state index in [2.05, 4.69) is 12.1 Å². The average molecular weight is 367 g/mol. The molecule has 4 rings (SSSR count). The lowest BCUT2D eigenvalue weighted by molar-refractivity contribution is -0.151. The van der Waals surface area contributed by atoms with E-state index in [0.29, 0.717) is 0 Å². The van der Waals surface area contributed by atoms with Gasteiger partial charge in [0, 0.05) is 5.92 Å². The van der Waals surface area contributed by atoms with Gasteiger partial charge in [-0.2, -0.15) is 0 Å². The molecule has 1 aliphatic heterocycles. The number of hydrogen-bond donors (Lipinski definition) is 1. The van der Waals surface area contributed by atoms with Crippen LogP contribution in [0.25, 0.3) is 11.1 Å². The van der Waals surface area contributed by atoms with Gasteiger partial charge in [0.05, 0.1) is 19.3 Å². The minimum atomic E-state index is -1.09. The van der Waals surface area contributed by atoms with Gasteiger partial charge in [-0.05, 0) is 29.2 Å². The second-order valence-electron chi connectivity index (χ2n) is 6.95. The Balaban J connectivity index is 1.53. The number of fused-ring (bicyclic) bond motifs is 3. The Bertz CT molecular complexity index is 835. The zero-order valence-electron chi connectivity index (χ0n) is 15.0. The summed E-state index contributed by atoms with van der Waals surface area (Å²) < 4.78 is 10.9. The molecule has 1 fully saturated rings. The summed E-state index contributed by atoms with van der Waals surface area (Å²) in [5.41, 5.74) is 4.54. The third-order valence-corrected chi connectivity index (χ3v) is 5.22. The average Bonchev–Trinajstić information content (AvgIpc) is 3.00. The first-order valence-electron chi connectivity index (χ1n) is 9.02. The molecular weight excluding hydrogens is 346 g/mol. The lowest BCUT2D eigenvalue weighted by Gasteiger charge is -2.35. The second kappa shape index (κ2) is 7.04. The molecule has 2 atom stereocenters. The zero-order chi connectivity index (χ0) is 19.0. The van der Waals surface area contributed by atoms with E-state index in [1.54, 1.807) is 0 Å². The van der Waals surface area contributed by atoms with Crippen LogP contribution in [0.2, 0.25) is 0 Å². The summed E-state index contributed by atoms with van der Waals surface area (Å²) in [5.74, 6) is -1.14. The first-order valence-corrected chi connectivity index (χ1v) is 9.02. The summed E-state index contributed by atoms with van der Waals surface area (Å²) in [5, 5.41) is 9.35. The smallest absolute Gasteiger partial charge is 0.410 e. The van der Waals surface area contributed by atoms with E-state index in [9.17, 15) is 14.7 Å². The summed E-state index contributed by atoms with van der Waals surface area (Å²) in [6, 6.07) is 15.2. The molecule has 0 saturated carbocycles. The number of carbonyl (C=O) groups is 2. The normalized spacial score (nSPS) is 21.4. The quantitative estimate of drug-likeness (QED) is 0.902. The summed E-state index contributed by atoms with van der Waals surface area (Å²) in [7, 11) is 0. The highest BCUT2D eigenvalue weighted by molar-refractivity contribution is 5.81. The Labute approximate surface area is 157 Å². The lowest BCUT2D eigenvalue weighted by Crippen LogP contribution is -2.55. The monoisotopic (exact) mass is 367 g/mol. The highest BCUT2D eigenvalue weighted by Gasteiger charge is 2.37. The van der Waals surface area contributed by atoms with Crippen molar-refractivity contribution in [1.82, 2.24) is 4.90 Å². The van der Waals surface area contributed by atoms with Gasteiger partial charge in [0.15, 0.2) is 6.04 Å². The van der Waals surface area contributed by atoms with Crippen molar-refractivity contribution in [3.05, 3.63) is 59.7 Å². The fourth-order valence-electron chi connectivity index (χ4n) is 3.89. The SMILES string of the molecule is C[C@H]1CN(C(=O)OCC2c3ccccc3-c3ccccc32)[C@H](C(=O)O)CO1. The van der Waals surface area contributed by atoms with E-state index < -0.39 is 18.1 Å². The lowest BCUT2D eigenvalue weighted by atomic mass is 9.98. The number of amides is 1. The highest BCUT2D eigenvalue weighted by atomic mass is 16.6. The molecule has 140 valence electrons. The number of hydrogen-bond acceptors (Lipinski definition) is 4. The second-order valence-corrected chi connectivity index (χ2v) is 6.95. The molecule has 2 aromatic carbocycles. The van der Waals surface area contributed by atoms with E-state index in [0.717, 1.165) is 22.3 Å². The number of benzene rings is 2. The van der Waals surface area contributed by atoms with E-state index >= 15 is 0 Å². The van der Waals surface area contributed by atoms with Crippen molar-refractivity contribution in [2.75, 3.05) is 19.8 Å². The Kier molecular flexibility index (Phi) is 4.58. The van der Waals surface area contributed by atoms with Crippen LogP contribution in [0, 0.1) is 0 Å². The summed E-state index contributed by atoms with van der Waals surface area (Å²) >= 11 is 0. The molecule has 0 spiro atoms. The molecule has 1 aliphatic carbocycles. The van der Waals surface area contributed by atoms with Crippen LogP contribution in [-0.2, 0) is 14.3 Å². The van der Waals surface area contributed by atoms with E-state index in [-0.39, 0.29) is 31.8 Å². The molecule has 27 heavy (non-hydrogen) atoms. The van der Waals surface area contributed by atoms with Crippen molar-refractivity contribution < 1.29 is 24.2 Å². The molecule has 6 heteroatoms. The van der Waals surface area contributed by atoms with Gasteiger partial charge < -0.3 is 14.6 Å². The van der Waals surface area contributed by atoms with Gasteiger partial charge in [0.1, 0.15) is 6.61 Å². The first-order chi connectivity index (χ1) is 13.1. The molecule has 1 heterocycles. The molecule has 1 N–H and O–H groups in total. The van der Waals surface area contributed by atoms with Crippen LogP contribution in [0.1, 0.15) is 24.0 Å². The molecule has 0 radical (unpaired) electrons. The Morgan fingerprint density at radius 3 is 2.30 bits per heavy atom. The summed E-state index contributed by atoms with van der Waals surface area (Å²) in [6.45, 7) is 2.15. The molecule has 0 unspecified atom stereocenters. The number of nitrogens with zero attached hydrogens (tertiary/aromatic N) is 1. The highest BCUT2D eigenvalue weighted by Crippen LogP contribution is 2.44. The van der Waals surface area contributed by atoms with Crippen LogP contribution in [-0.4, -0.2) is 54.0 Å². The van der Waals surface area contributed by atoms with Gasteiger partial charge in [0.2, 0.25) is 0 Å². The van der Waals surface area contributed by atoms with Crippen LogP contribution in [0.5, 0.6) is 0 Å². The van der Waals surface area contributed by atoms with Crippen LogP contribution in [0.15, 0.2) is 48.5 Å². The predicted molar refractivity (Wildman–Crippen MR) is 98.6 cm³/mol. The van der Waals surface area contributed by atoms with Crippen LogP contribution >= 0.6 is 0 Å². The Morgan fingerprint density at radius 1 is 1.11 bits per heavy atom. The van der Waals surface area contributed by atoms with E-state index in [1.807, 2.05) is 43.3 Å². The molecule has 0 bridgehead atoms. The van der Waals surface area contributed by atoms with Crippen LogP contribution < -0.4 is 0 Å². The molecule has 1 saturated heterocycles. The number of carboxylic acids is 1. The van der Waals surface area contributed by atoms with Crippen molar-refractivity contribution in [2.24, 2.45) is 0 Å². The molecule has 0 aromatic heterocycles. The molecule has 2 aromatic rings. The first kappa shape index (κ1) is 17.5. The van der Waals surface area contributed by atoms with E-state index in [1.165, 1.54) is 4.90 Å². The third kappa shape index (κ3) is 3.17. The molecule has 1 amide bonds. The maximum atomic E-state index is 12.6. The van der Waals surface area contributed by atoms with Gasteiger partial charge in [-0.25, -0.2) is 9.59 Å². The summed E-state index contributed by atoms with van der Waals surface area (Å²) in [4.78, 5) is 25.3. The largest absolute Gasteiger partial charge is 0.480 e. The Morgan fingerprint density at radius 2 is 1.70 bits per heavy atom. The molecule has 2 aliphatic rings. The summed E-state index contributed by atoms with van der Waals surface area (Å²) in [6.07, 6.45) is -0.833. The molecule has 6 nitrogen and oxygen atoms in total. The van der Waals surface area contributed by atoms with Crippen molar-refractivity contribution in [3.8, 4) is 11.1 Å². The standard InChI is InChI=1S/C21H21NO5/c1-13-10-22(19(12-26-13)20(23)24)21(25)27-11-18-16-8-4-2-6-14(16)15-7-3-5-9-17(15)18/h2-9,13,18-19H,10-12H2,1H3,(H,23,24)/t13-,19-/m0/s1. The predicted octanol–water partition coefficient (Wildman–Crippen LogP) is 3.11. The number of ether oxygens (including phenoxy) is 2. The molecular formula is C21H21NO5. The zero-order valence-corrected chi connectivity index (χ0v) is 15.0. The third-order valence-electron chi connectivity index (χ3n) is 5.22. The van der Waals surface area contributed by atoms with Crippen LogP contribution in [0.4, 0.5) is 4.79 Å². The van der Waals surface area contributed by atoms with Crippen molar-refractivity contribution in [3.63, 3.8) is 0 Å². The fourth-order valence-corrected chi connectivity index (χ4v) is 3.89. The number of carbonyl (C=O) groups excluding carboxylic acids is 1.